The number of rotatable bonds is 10. The van der Waals surface area contributed by atoms with Gasteiger partial charge in [-0.2, -0.15) is 0 Å². The summed E-state index contributed by atoms with van der Waals surface area (Å²) in [4.78, 5) is 8.62. The first-order valence-electron chi connectivity index (χ1n) is 10.00. The van der Waals surface area contributed by atoms with Gasteiger partial charge >= 0.3 is 0 Å². The first-order chi connectivity index (χ1) is 14.2. The maximum absolute atomic E-state index is 5.96. The molecule has 0 bridgehead atoms. The molecule has 7 nitrogen and oxygen atoms in total. The number of pyridine rings is 1. The van der Waals surface area contributed by atoms with E-state index in [0.29, 0.717) is 24.9 Å². The molecular formula is C22H30N4O3. The molecule has 0 radical (unpaired) electrons. The molecule has 0 amide bonds. The fourth-order valence-electron chi connectivity index (χ4n) is 2.71. The number of methoxy groups -OCH3 is 1. The minimum absolute atomic E-state index is 0.0607. The number of ether oxygens (including phenoxy) is 3. The summed E-state index contributed by atoms with van der Waals surface area (Å²) in [7, 11) is 3.38. The lowest BCUT2D eigenvalue weighted by atomic mass is 10.3. The van der Waals surface area contributed by atoms with Gasteiger partial charge in [-0.15, -0.1) is 0 Å². The molecule has 1 aliphatic rings. The number of aliphatic imine (C=N–C) groups is 1. The van der Waals surface area contributed by atoms with E-state index in [1.54, 1.807) is 14.2 Å². The smallest absolute Gasteiger partial charge is 0.213 e. The Morgan fingerprint density at radius 2 is 1.97 bits per heavy atom. The van der Waals surface area contributed by atoms with E-state index in [-0.39, 0.29) is 6.10 Å². The molecule has 1 atom stereocenters. The predicted molar refractivity (Wildman–Crippen MR) is 114 cm³/mol. The Morgan fingerprint density at radius 3 is 2.62 bits per heavy atom. The van der Waals surface area contributed by atoms with E-state index in [9.17, 15) is 0 Å². The zero-order chi connectivity index (χ0) is 20.5. The van der Waals surface area contributed by atoms with Crippen LogP contribution in [0.5, 0.6) is 17.4 Å². The summed E-state index contributed by atoms with van der Waals surface area (Å²) in [6, 6.07) is 11.6. The normalized spacial score (nSPS) is 14.8. The number of para-hydroxylation sites is 2. The summed E-state index contributed by atoms with van der Waals surface area (Å²) in [5.41, 5.74) is 1.06. The van der Waals surface area contributed by atoms with Crippen LogP contribution < -0.4 is 24.8 Å². The second-order valence-electron chi connectivity index (χ2n) is 7.15. The molecule has 1 aliphatic carbocycles. The Bertz CT molecular complexity index is 791. The van der Waals surface area contributed by atoms with Gasteiger partial charge in [0.15, 0.2) is 17.5 Å². The van der Waals surface area contributed by atoms with Crippen LogP contribution in [0.1, 0.15) is 25.3 Å². The molecule has 1 fully saturated rings. The highest BCUT2D eigenvalue weighted by molar-refractivity contribution is 5.79. The monoisotopic (exact) mass is 398 g/mol. The van der Waals surface area contributed by atoms with Gasteiger partial charge in [0.25, 0.3) is 0 Å². The van der Waals surface area contributed by atoms with Gasteiger partial charge in [-0.05, 0) is 43.4 Å². The molecule has 2 N–H and O–H groups in total. The second-order valence-corrected chi connectivity index (χ2v) is 7.15. The van der Waals surface area contributed by atoms with E-state index in [1.807, 2.05) is 49.5 Å². The number of benzene rings is 1. The molecule has 0 saturated heterocycles. The van der Waals surface area contributed by atoms with Gasteiger partial charge < -0.3 is 24.8 Å². The number of hydrogen-bond acceptors (Lipinski definition) is 5. The lowest BCUT2D eigenvalue weighted by Crippen LogP contribution is -2.41. The van der Waals surface area contributed by atoms with Crippen LogP contribution in [0, 0.1) is 5.92 Å². The third-order valence-electron chi connectivity index (χ3n) is 4.60. The minimum atomic E-state index is -0.0607. The highest BCUT2D eigenvalue weighted by Crippen LogP contribution is 2.29. The van der Waals surface area contributed by atoms with Crippen molar-refractivity contribution in [1.29, 1.82) is 0 Å². The van der Waals surface area contributed by atoms with E-state index in [4.69, 9.17) is 14.2 Å². The van der Waals surface area contributed by atoms with Gasteiger partial charge in [-0.3, -0.25) is 4.99 Å². The Labute approximate surface area is 172 Å². The van der Waals surface area contributed by atoms with E-state index >= 15 is 0 Å². The van der Waals surface area contributed by atoms with Crippen molar-refractivity contribution in [2.24, 2.45) is 10.9 Å². The number of guanidine groups is 1. The molecule has 1 saturated carbocycles. The fraction of sp³-hybridized carbons (Fsp3) is 0.455. The van der Waals surface area contributed by atoms with Crippen LogP contribution in [0.15, 0.2) is 47.6 Å². The lowest BCUT2D eigenvalue weighted by Gasteiger charge is -2.19. The quantitative estimate of drug-likeness (QED) is 0.473. The van der Waals surface area contributed by atoms with Gasteiger partial charge in [-0.1, -0.05) is 18.2 Å². The summed E-state index contributed by atoms with van der Waals surface area (Å²) in [6.07, 6.45) is 4.32. The highest BCUT2D eigenvalue weighted by atomic mass is 16.5. The van der Waals surface area contributed by atoms with Crippen molar-refractivity contribution in [3.63, 3.8) is 0 Å². The molecule has 1 unspecified atom stereocenters. The summed E-state index contributed by atoms with van der Waals surface area (Å²) in [5, 5.41) is 6.56. The zero-order valence-electron chi connectivity index (χ0n) is 17.4. The average molecular weight is 399 g/mol. The molecule has 3 rings (SSSR count). The number of nitrogens with zero attached hydrogens (tertiary/aromatic N) is 2. The van der Waals surface area contributed by atoms with Crippen LogP contribution in [0.2, 0.25) is 0 Å². The third-order valence-corrected chi connectivity index (χ3v) is 4.60. The standard InChI is InChI=1S/C22H30N4O3/c1-16(29-20-7-5-4-6-19(20)27-3)12-25-22(23-2)26-14-18-10-11-21(24-13-18)28-15-17-8-9-17/h4-7,10-11,13,16-17H,8-9,12,14-15H2,1-3H3,(H2,23,25,26). The molecule has 156 valence electrons. The minimum Gasteiger partial charge on any atom is -0.493 e. The van der Waals surface area contributed by atoms with Gasteiger partial charge in [0.05, 0.1) is 20.3 Å². The number of nitrogens with one attached hydrogen (secondary N) is 2. The summed E-state index contributed by atoms with van der Waals surface area (Å²) >= 11 is 0. The van der Waals surface area contributed by atoms with Crippen molar-refractivity contribution in [2.45, 2.75) is 32.4 Å². The summed E-state index contributed by atoms with van der Waals surface area (Å²) < 4.78 is 17.0. The maximum atomic E-state index is 5.96. The molecule has 2 aromatic rings. The molecule has 29 heavy (non-hydrogen) atoms. The zero-order valence-corrected chi connectivity index (χ0v) is 17.4. The Balaban J connectivity index is 1.40. The van der Waals surface area contributed by atoms with Crippen LogP contribution >= 0.6 is 0 Å². The van der Waals surface area contributed by atoms with Crippen molar-refractivity contribution in [2.75, 3.05) is 27.3 Å². The largest absolute Gasteiger partial charge is 0.493 e. The van der Waals surface area contributed by atoms with Crippen molar-refractivity contribution in [3.05, 3.63) is 48.2 Å². The molecule has 1 heterocycles. The van der Waals surface area contributed by atoms with Crippen molar-refractivity contribution in [1.82, 2.24) is 15.6 Å². The predicted octanol–water partition coefficient (Wildman–Crippen LogP) is 3.01. The van der Waals surface area contributed by atoms with Crippen LogP contribution in [-0.2, 0) is 6.54 Å². The average Bonchev–Trinajstić information content (AvgIpc) is 3.58. The Kier molecular flexibility index (Phi) is 7.55. The second kappa shape index (κ2) is 10.5. The topological polar surface area (TPSA) is 77.0 Å². The SMILES string of the molecule is CN=C(NCc1ccc(OCC2CC2)nc1)NCC(C)Oc1ccccc1OC. The third kappa shape index (κ3) is 6.85. The van der Waals surface area contributed by atoms with E-state index in [1.165, 1.54) is 12.8 Å². The van der Waals surface area contributed by atoms with Gasteiger partial charge in [0.1, 0.15) is 6.10 Å². The number of hydrogen-bond donors (Lipinski definition) is 2. The summed E-state index contributed by atoms with van der Waals surface area (Å²) in [6.45, 7) is 3.99. The van der Waals surface area contributed by atoms with Crippen molar-refractivity contribution >= 4 is 5.96 Å². The van der Waals surface area contributed by atoms with Crippen LogP contribution in [0.3, 0.4) is 0 Å². The van der Waals surface area contributed by atoms with Crippen molar-refractivity contribution < 1.29 is 14.2 Å². The van der Waals surface area contributed by atoms with E-state index < -0.39 is 0 Å². The first-order valence-corrected chi connectivity index (χ1v) is 10.00. The Morgan fingerprint density at radius 1 is 1.17 bits per heavy atom. The van der Waals surface area contributed by atoms with E-state index in [0.717, 1.165) is 29.6 Å². The van der Waals surface area contributed by atoms with Gasteiger partial charge in [0, 0.05) is 25.9 Å². The molecule has 0 aliphatic heterocycles. The van der Waals surface area contributed by atoms with Crippen molar-refractivity contribution in [3.8, 4) is 17.4 Å². The van der Waals surface area contributed by atoms with Gasteiger partial charge in [-0.25, -0.2) is 4.98 Å². The first kappa shape index (κ1) is 20.8. The molecule has 0 spiro atoms. The Hall–Kier alpha value is -2.96. The summed E-state index contributed by atoms with van der Waals surface area (Å²) in [5.74, 6) is 3.56. The molecule has 7 heteroatoms. The molecule has 1 aromatic carbocycles. The maximum Gasteiger partial charge on any atom is 0.213 e. The van der Waals surface area contributed by atoms with Crippen LogP contribution in [0.4, 0.5) is 0 Å². The van der Waals surface area contributed by atoms with Crippen LogP contribution in [-0.4, -0.2) is 44.4 Å². The molecular weight excluding hydrogens is 368 g/mol. The van der Waals surface area contributed by atoms with Crippen LogP contribution in [0.25, 0.3) is 0 Å². The fourth-order valence-corrected chi connectivity index (χ4v) is 2.71. The van der Waals surface area contributed by atoms with Gasteiger partial charge in [0.2, 0.25) is 5.88 Å². The highest BCUT2D eigenvalue weighted by Gasteiger charge is 2.22. The number of aromatic nitrogens is 1. The molecule has 1 aromatic heterocycles. The lowest BCUT2D eigenvalue weighted by molar-refractivity contribution is 0.213. The van der Waals surface area contributed by atoms with E-state index in [2.05, 4.69) is 20.6 Å².